The van der Waals surface area contributed by atoms with Crippen molar-refractivity contribution >= 4 is 52.9 Å². The standard InChI is InChI=1S/C32H47N9O9S/c1-16(2)11-21(30(47)40-20(27(33)46)9-10-51-4)39-23(43)13-35-32(48)49-14-22-25(44)26(45)31(50-22)41-17(3)38-24-28(36-15-37-29(24)41)34-12-18-5-7-19(42)8-6-18/h5-8,15-17,20-22,25-26,31,38,42,44-45H,9-14H2,1-4H3,(H2,33,46)(H,35,48)(H,39,43)(H,40,47)(H,34,36,37)/t17?,20-,21-,22+,25?,26?,31+/m0/s1. The molecule has 0 saturated carbocycles. The number of hydrogen-bond donors (Lipinski definition) is 9. The fourth-order valence-electron chi connectivity index (χ4n) is 5.64. The van der Waals surface area contributed by atoms with Gasteiger partial charge in [0, 0.05) is 6.54 Å². The van der Waals surface area contributed by atoms with E-state index in [0.29, 0.717) is 36.0 Å². The number of phenols is 1. The van der Waals surface area contributed by atoms with E-state index in [-0.39, 0.29) is 18.1 Å². The SMILES string of the molecule is CSCC[C@H](NC(=O)[C@H](CC(C)C)NC(=O)CNC(=O)OC[C@H]1O[C@@H](N2c3ncnc(NCc4ccc(O)cc4)c3NC2C)C(O)C1O)C(N)=O. The quantitative estimate of drug-likeness (QED) is 0.102. The molecule has 4 rings (SSSR count). The lowest BCUT2D eigenvalue weighted by molar-refractivity contribution is -0.131. The number of aliphatic hydroxyl groups excluding tert-OH is 2. The number of aromatic nitrogens is 2. The Morgan fingerprint density at radius 3 is 2.49 bits per heavy atom. The number of rotatable bonds is 17. The van der Waals surface area contributed by atoms with Crippen LogP contribution in [0, 0.1) is 5.92 Å². The van der Waals surface area contributed by atoms with Crippen molar-refractivity contribution in [2.45, 2.75) is 82.9 Å². The number of nitrogens with zero attached hydrogens (tertiary/aromatic N) is 3. The van der Waals surface area contributed by atoms with Crippen molar-refractivity contribution in [3.05, 3.63) is 36.2 Å². The van der Waals surface area contributed by atoms with Crippen LogP contribution >= 0.6 is 11.8 Å². The number of aliphatic hydroxyl groups is 2. The third-order valence-corrected chi connectivity index (χ3v) is 8.90. The molecule has 0 spiro atoms. The molecule has 2 aliphatic heterocycles. The van der Waals surface area contributed by atoms with Crippen LogP contribution in [0.4, 0.5) is 22.1 Å². The molecular weight excluding hydrogens is 686 g/mol. The Hall–Kier alpha value is -4.59. The normalized spacial score (nSPS) is 22.0. The lowest BCUT2D eigenvalue weighted by Gasteiger charge is -2.30. The van der Waals surface area contributed by atoms with E-state index < -0.39 is 79.8 Å². The summed E-state index contributed by atoms with van der Waals surface area (Å²) >= 11 is 1.50. The van der Waals surface area contributed by atoms with Gasteiger partial charge in [0.2, 0.25) is 17.7 Å². The summed E-state index contributed by atoms with van der Waals surface area (Å²) in [6, 6.07) is 4.85. The first-order valence-corrected chi connectivity index (χ1v) is 17.9. The van der Waals surface area contributed by atoms with Crippen molar-refractivity contribution in [3.8, 4) is 5.75 Å². The molecule has 1 aromatic heterocycles. The highest BCUT2D eigenvalue weighted by Crippen LogP contribution is 2.41. The number of amides is 4. The maximum Gasteiger partial charge on any atom is 0.407 e. The van der Waals surface area contributed by atoms with E-state index in [2.05, 4.69) is 36.6 Å². The van der Waals surface area contributed by atoms with Gasteiger partial charge in [-0.15, -0.1) is 0 Å². The van der Waals surface area contributed by atoms with Gasteiger partial charge in [-0.05, 0) is 55.4 Å². The summed E-state index contributed by atoms with van der Waals surface area (Å²) in [5.74, 6) is -0.230. The number of alkyl carbamates (subject to hydrolysis) is 1. The van der Waals surface area contributed by atoms with Gasteiger partial charge < -0.3 is 62.0 Å². The number of benzene rings is 1. The molecule has 18 nitrogen and oxygen atoms in total. The summed E-state index contributed by atoms with van der Waals surface area (Å²) in [5, 5.41) is 45.2. The van der Waals surface area contributed by atoms with Gasteiger partial charge >= 0.3 is 6.09 Å². The number of ether oxygens (including phenoxy) is 2. The molecule has 51 heavy (non-hydrogen) atoms. The number of primary amides is 1. The van der Waals surface area contributed by atoms with Gasteiger partial charge in [0.25, 0.3) is 0 Å². The number of carbonyl (C=O) groups is 4. The molecule has 0 bridgehead atoms. The van der Waals surface area contributed by atoms with Crippen LogP contribution in [-0.2, 0) is 30.4 Å². The Morgan fingerprint density at radius 2 is 1.82 bits per heavy atom. The van der Waals surface area contributed by atoms with E-state index in [0.717, 1.165) is 5.56 Å². The van der Waals surface area contributed by atoms with Gasteiger partial charge in [-0.3, -0.25) is 14.4 Å². The molecule has 1 aromatic carbocycles. The number of aromatic hydroxyl groups is 1. The summed E-state index contributed by atoms with van der Waals surface area (Å²) in [6.07, 6.45) is -2.60. The van der Waals surface area contributed by atoms with Gasteiger partial charge in [-0.1, -0.05) is 26.0 Å². The maximum absolute atomic E-state index is 12.9. The molecule has 7 atom stereocenters. The van der Waals surface area contributed by atoms with Crippen LogP contribution in [-0.4, -0.2) is 117 Å². The number of phenolic OH excluding ortho intramolecular Hbond substituents is 1. The Morgan fingerprint density at radius 1 is 1.10 bits per heavy atom. The summed E-state index contributed by atoms with van der Waals surface area (Å²) < 4.78 is 11.2. The molecule has 0 aliphatic carbocycles. The summed E-state index contributed by atoms with van der Waals surface area (Å²) in [7, 11) is 0. The zero-order valence-corrected chi connectivity index (χ0v) is 29.7. The molecule has 19 heteroatoms. The minimum absolute atomic E-state index is 0.0183. The van der Waals surface area contributed by atoms with Crippen molar-refractivity contribution in [2.75, 3.05) is 40.7 Å². The zero-order chi connectivity index (χ0) is 37.2. The third-order valence-electron chi connectivity index (χ3n) is 8.25. The number of thioether (sulfide) groups is 1. The summed E-state index contributed by atoms with van der Waals surface area (Å²) in [5.41, 5.74) is 6.90. The Kier molecular flexibility index (Phi) is 13.9. The van der Waals surface area contributed by atoms with Crippen molar-refractivity contribution in [3.63, 3.8) is 0 Å². The number of carbonyl (C=O) groups excluding carboxylic acids is 4. The Balaban J connectivity index is 1.28. The van der Waals surface area contributed by atoms with Crippen LogP contribution in [0.15, 0.2) is 30.6 Å². The molecule has 10 N–H and O–H groups in total. The maximum atomic E-state index is 12.9. The van der Waals surface area contributed by atoms with E-state index in [9.17, 15) is 34.5 Å². The number of fused-ring (bicyclic) bond motifs is 1. The molecule has 1 saturated heterocycles. The number of nitrogens with two attached hydrogens (primary N) is 1. The first-order chi connectivity index (χ1) is 24.3. The van der Waals surface area contributed by atoms with Crippen LogP contribution < -0.4 is 37.2 Å². The number of hydrogen-bond acceptors (Lipinski definition) is 15. The second-order valence-corrected chi connectivity index (χ2v) is 13.6. The van der Waals surface area contributed by atoms with Crippen molar-refractivity contribution in [2.24, 2.45) is 11.7 Å². The fraction of sp³-hybridized carbons (Fsp3) is 0.562. The first-order valence-electron chi connectivity index (χ1n) is 16.5. The smallest absolute Gasteiger partial charge is 0.407 e. The molecule has 3 heterocycles. The fourth-order valence-corrected chi connectivity index (χ4v) is 6.11. The van der Waals surface area contributed by atoms with E-state index in [1.165, 1.54) is 18.1 Å². The van der Waals surface area contributed by atoms with Crippen molar-refractivity contribution < 1.29 is 44.0 Å². The van der Waals surface area contributed by atoms with E-state index >= 15 is 0 Å². The molecule has 280 valence electrons. The Labute approximate surface area is 299 Å². The molecular formula is C32H47N9O9S. The average molecular weight is 734 g/mol. The van der Waals surface area contributed by atoms with Gasteiger partial charge in [0.15, 0.2) is 17.9 Å². The molecule has 0 radical (unpaired) electrons. The second-order valence-electron chi connectivity index (χ2n) is 12.7. The van der Waals surface area contributed by atoms with Gasteiger partial charge in [0.1, 0.15) is 67.5 Å². The predicted octanol–water partition coefficient (Wildman–Crippen LogP) is -0.201. The lowest BCUT2D eigenvalue weighted by atomic mass is 10.0. The predicted molar refractivity (Wildman–Crippen MR) is 189 cm³/mol. The minimum Gasteiger partial charge on any atom is -0.508 e. The molecule has 4 amide bonds. The van der Waals surface area contributed by atoms with Crippen LogP contribution in [0.25, 0.3) is 0 Å². The third kappa shape index (κ3) is 10.5. The van der Waals surface area contributed by atoms with Crippen LogP contribution in [0.3, 0.4) is 0 Å². The van der Waals surface area contributed by atoms with E-state index in [1.807, 2.05) is 27.0 Å². The largest absolute Gasteiger partial charge is 0.508 e. The second kappa shape index (κ2) is 18.1. The van der Waals surface area contributed by atoms with Crippen LogP contribution in [0.1, 0.15) is 39.2 Å². The van der Waals surface area contributed by atoms with E-state index in [4.69, 9.17) is 15.2 Å². The van der Waals surface area contributed by atoms with E-state index in [1.54, 1.807) is 29.2 Å². The average Bonchev–Trinajstić information content (AvgIpc) is 3.57. The highest BCUT2D eigenvalue weighted by molar-refractivity contribution is 7.98. The molecule has 2 aliphatic rings. The minimum atomic E-state index is -1.42. The van der Waals surface area contributed by atoms with Crippen molar-refractivity contribution in [1.29, 1.82) is 0 Å². The topological polar surface area (TPSA) is 263 Å². The Bertz CT molecular complexity index is 1520. The van der Waals surface area contributed by atoms with Gasteiger partial charge in [0.05, 0.1) is 0 Å². The first kappa shape index (κ1) is 39.2. The van der Waals surface area contributed by atoms with Crippen LogP contribution in [0.5, 0.6) is 5.75 Å². The summed E-state index contributed by atoms with van der Waals surface area (Å²) in [4.78, 5) is 60.2. The van der Waals surface area contributed by atoms with Gasteiger partial charge in [-0.2, -0.15) is 11.8 Å². The van der Waals surface area contributed by atoms with Crippen LogP contribution in [0.2, 0.25) is 0 Å². The number of nitrogens with one attached hydrogen (secondary N) is 5. The molecule has 2 aromatic rings. The highest BCUT2D eigenvalue weighted by atomic mass is 32.2. The molecule has 3 unspecified atom stereocenters. The zero-order valence-electron chi connectivity index (χ0n) is 28.9. The lowest BCUT2D eigenvalue weighted by Crippen LogP contribution is -2.54. The summed E-state index contributed by atoms with van der Waals surface area (Å²) in [6.45, 7) is 4.98. The van der Waals surface area contributed by atoms with Crippen molar-refractivity contribution in [1.82, 2.24) is 25.9 Å². The monoisotopic (exact) mass is 733 g/mol. The highest BCUT2D eigenvalue weighted by Gasteiger charge is 2.49. The number of anilines is 3. The van der Waals surface area contributed by atoms with Gasteiger partial charge in [-0.25, -0.2) is 14.8 Å². The molecule has 1 fully saturated rings.